The van der Waals surface area contributed by atoms with Gasteiger partial charge in [-0.3, -0.25) is 4.57 Å². The maximum Gasteiger partial charge on any atom is 0.419 e. The highest BCUT2D eigenvalue weighted by molar-refractivity contribution is 7.89. The molecule has 1 heterocycles. The van der Waals surface area contributed by atoms with Gasteiger partial charge in [0.25, 0.3) is 0 Å². The number of hydrogen-bond donors (Lipinski definition) is 1. The number of benzene rings is 1. The molecule has 0 saturated heterocycles. The number of aryl methyl sites for hydroxylation is 1. The number of rotatable bonds is 6. The number of hydrogen-bond acceptors (Lipinski definition) is 5. The van der Waals surface area contributed by atoms with Crippen LogP contribution in [-0.2, 0) is 21.8 Å². The number of oxazole rings is 1. The van der Waals surface area contributed by atoms with E-state index in [1.165, 1.54) is 23.7 Å². The van der Waals surface area contributed by atoms with Gasteiger partial charge < -0.3 is 9.15 Å². The van der Waals surface area contributed by atoms with E-state index in [2.05, 4.69) is 4.72 Å². The van der Waals surface area contributed by atoms with Crippen molar-refractivity contribution in [3.63, 3.8) is 0 Å². The van der Waals surface area contributed by atoms with Crippen LogP contribution >= 0.6 is 11.6 Å². The number of ether oxygens (including phenoxy) is 1. The molecule has 0 saturated carbocycles. The van der Waals surface area contributed by atoms with Crippen molar-refractivity contribution in [1.82, 2.24) is 9.29 Å². The van der Waals surface area contributed by atoms with Crippen molar-refractivity contribution in [3.8, 4) is 0 Å². The fraction of sp³-hybridized carbons (Fsp3) is 0.417. The zero-order valence-electron chi connectivity index (χ0n) is 11.6. The largest absolute Gasteiger partial charge is 0.419 e. The van der Waals surface area contributed by atoms with E-state index in [0.717, 1.165) is 0 Å². The average Bonchev–Trinajstić information content (AvgIpc) is 2.70. The molecule has 116 valence electrons. The number of fused-ring (bicyclic) bond motifs is 1. The second kappa shape index (κ2) is 6.18. The Bertz CT molecular complexity index is 809. The molecule has 0 atom stereocenters. The summed E-state index contributed by atoms with van der Waals surface area (Å²) in [5.74, 6) is -0.583. The lowest BCUT2D eigenvalue weighted by atomic mass is 10.3. The third-order valence-electron chi connectivity index (χ3n) is 2.88. The molecule has 0 bridgehead atoms. The molecule has 0 spiro atoms. The Hall–Kier alpha value is -1.35. The zero-order valence-corrected chi connectivity index (χ0v) is 13.1. The van der Waals surface area contributed by atoms with E-state index in [0.29, 0.717) is 12.1 Å². The van der Waals surface area contributed by atoms with Crippen LogP contribution in [0.3, 0.4) is 0 Å². The number of sulfonamides is 1. The first-order chi connectivity index (χ1) is 9.86. The Morgan fingerprint density at radius 3 is 2.81 bits per heavy atom. The van der Waals surface area contributed by atoms with Crippen molar-refractivity contribution in [1.29, 1.82) is 0 Å². The van der Waals surface area contributed by atoms with Crippen LogP contribution < -0.4 is 10.5 Å². The fourth-order valence-electron chi connectivity index (χ4n) is 1.81. The molecule has 7 nitrogen and oxygen atoms in total. The quantitative estimate of drug-likeness (QED) is 0.799. The van der Waals surface area contributed by atoms with Crippen molar-refractivity contribution < 1.29 is 17.6 Å². The molecule has 0 radical (unpaired) electrons. The normalized spacial score (nSPS) is 12.1. The highest BCUT2D eigenvalue weighted by Gasteiger charge is 2.20. The van der Waals surface area contributed by atoms with Gasteiger partial charge in [-0.1, -0.05) is 11.6 Å². The average molecular weight is 335 g/mol. The molecular formula is C12H15ClN2O5S. The summed E-state index contributed by atoms with van der Waals surface area (Å²) in [6, 6.07) is 2.63. The molecule has 0 aliphatic carbocycles. The predicted molar refractivity (Wildman–Crippen MR) is 78.1 cm³/mol. The molecule has 0 unspecified atom stereocenters. The van der Waals surface area contributed by atoms with Gasteiger partial charge in [-0.05, 0) is 13.0 Å². The number of aromatic nitrogens is 1. The standard InChI is InChI=1S/C12H15ClN2O5S/c1-3-19-5-4-14-21(17,18)11-7-10-9(6-8(11)13)15(2)12(16)20-10/h6-7,14H,3-5H2,1-2H3. The SMILES string of the molecule is CCOCCNS(=O)(=O)c1cc2oc(=O)n(C)c2cc1Cl. The van der Waals surface area contributed by atoms with Gasteiger partial charge in [0.15, 0.2) is 5.58 Å². The maximum atomic E-state index is 12.2. The molecule has 21 heavy (non-hydrogen) atoms. The second-order valence-corrected chi connectivity index (χ2v) is 6.41. The van der Waals surface area contributed by atoms with E-state index < -0.39 is 15.8 Å². The van der Waals surface area contributed by atoms with Crippen LogP contribution in [0.25, 0.3) is 11.1 Å². The topological polar surface area (TPSA) is 90.5 Å². The van der Waals surface area contributed by atoms with Gasteiger partial charge in [-0.2, -0.15) is 0 Å². The summed E-state index contributed by atoms with van der Waals surface area (Å²) in [7, 11) is -2.29. The highest BCUT2D eigenvalue weighted by atomic mass is 35.5. The van der Waals surface area contributed by atoms with Crippen molar-refractivity contribution in [2.75, 3.05) is 19.8 Å². The summed E-state index contributed by atoms with van der Waals surface area (Å²) in [5, 5.41) is 0.0165. The smallest absolute Gasteiger partial charge is 0.408 e. The molecule has 2 rings (SSSR count). The Balaban J connectivity index is 2.37. The van der Waals surface area contributed by atoms with Crippen molar-refractivity contribution in [2.24, 2.45) is 7.05 Å². The molecule has 1 aromatic carbocycles. The molecule has 9 heteroatoms. The lowest BCUT2D eigenvalue weighted by Crippen LogP contribution is -2.27. The highest BCUT2D eigenvalue weighted by Crippen LogP contribution is 2.26. The van der Waals surface area contributed by atoms with Crippen molar-refractivity contribution in [3.05, 3.63) is 27.7 Å². The van der Waals surface area contributed by atoms with Crippen molar-refractivity contribution in [2.45, 2.75) is 11.8 Å². The Morgan fingerprint density at radius 2 is 2.14 bits per heavy atom. The molecule has 0 amide bonds. The molecule has 1 aromatic heterocycles. The van der Waals surface area contributed by atoms with Gasteiger partial charge in [0.05, 0.1) is 17.1 Å². The molecule has 1 N–H and O–H groups in total. The van der Waals surface area contributed by atoms with E-state index in [1.807, 2.05) is 6.92 Å². The minimum atomic E-state index is -3.80. The first-order valence-electron chi connectivity index (χ1n) is 6.23. The Morgan fingerprint density at radius 1 is 1.43 bits per heavy atom. The fourth-order valence-corrected chi connectivity index (χ4v) is 3.35. The van der Waals surface area contributed by atoms with Crippen LogP contribution in [0, 0.1) is 0 Å². The van der Waals surface area contributed by atoms with Gasteiger partial charge in [0.2, 0.25) is 10.0 Å². The van der Waals surface area contributed by atoms with E-state index in [-0.39, 0.29) is 28.7 Å². The molecular weight excluding hydrogens is 320 g/mol. The summed E-state index contributed by atoms with van der Waals surface area (Å²) in [5.41, 5.74) is 0.593. The molecule has 2 aromatic rings. The zero-order chi connectivity index (χ0) is 15.6. The van der Waals surface area contributed by atoms with E-state index in [9.17, 15) is 13.2 Å². The summed E-state index contributed by atoms with van der Waals surface area (Å²) in [6.45, 7) is 2.71. The van der Waals surface area contributed by atoms with Gasteiger partial charge >= 0.3 is 5.76 Å². The maximum absolute atomic E-state index is 12.2. The van der Waals surface area contributed by atoms with Gasteiger partial charge in [-0.15, -0.1) is 0 Å². The van der Waals surface area contributed by atoms with Crippen LogP contribution in [-0.4, -0.2) is 32.7 Å². The van der Waals surface area contributed by atoms with Gasteiger partial charge in [0, 0.05) is 26.3 Å². The summed E-state index contributed by atoms with van der Waals surface area (Å²) >= 11 is 6.00. The molecule has 0 aliphatic heterocycles. The van der Waals surface area contributed by atoms with Crippen LogP contribution in [0.1, 0.15) is 6.92 Å². The van der Waals surface area contributed by atoms with E-state index in [1.54, 1.807) is 0 Å². The van der Waals surface area contributed by atoms with E-state index in [4.69, 9.17) is 20.8 Å². The van der Waals surface area contributed by atoms with E-state index >= 15 is 0 Å². The third kappa shape index (κ3) is 3.29. The lowest BCUT2D eigenvalue weighted by molar-refractivity contribution is 0.153. The first kappa shape index (κ1) is 16.0. The van der Waals surface area contributed by atoms with Crippen molar-refractivity contribution >= 4 is 32.7 Å². The minimum Gasteiger partial charge on any atom is -0.408 e. The molecule has 0 fully saturated rings. The van der Waals surface area contributed by atoms with Crippen LogP contribution in [0.5, 0.6) is 0 Å². The number of halogens is 1. The van der Waals surface area contributed by atoms with Crippen LogP contribution in [0.4, 0.5) is 0 Å². The van der Waals surface area contributed by atoms with Gasteiger partial charge in [0.1, 0.15) is 4.90 Å². The Kier molecular flexibility index (Phi) is 4.72. The Labute approximate surface area is 126 Å². The summed E-state index contributed by atoms with van der Waals surface area (Å²) in [4.78, 5) is 11.3. The number of nitrogens with zero attached hydrogens (tertiary/aromatic N) is 1. The summed E-state index contributed by atoms with van der Waals surface area (Å²) < 4.78 is 38.0. The predicted octanol–water partition coefficient (Wildman–Crippen LogP) is 1.10. The number of nitrogens with one attached hydrogen (secondary N) is 1. The minimum absolute atomic E-state index is 0.0165. The van der Waals surface area contributed by atoms with Gasteiger partial charge in [-0.25, -0.2) is 17.9 Å². The van der Waals surface area contributed by atoms with Crippen LogP contribution in [0.15, 0.2) is 26.2 Å². The monoisotopic (exact) mass is 334 g/mol. The summed E-state index contributed by atoms with van der Waals surface area (Å²) in [6.07, 6.45) is 0. The third-order valence-corrected chi connectivity index (χ3v) is 4.80. The molecule has 0 aliphatic rings. The first-order valence-corrected chi connectivity index (χ1v) is 8.09. The van der Waals surface area contributed by atoms with Crippen LogP contribution in [0.2, 0.25) is 5.02 Å². The lowest BCUT2D eigenvalue weighted by Gasteiger charge is -2.08. The second-order valence-electron chi connectivity index (χ2n) is 4.27.